The van der Waals surface area contributed by atoms with Crippen molar-refractivity contribution >= 4 is 31.6 Å². The molecule has 0 saturated heterocycles. The molecule has 13 heteroatoms. The van der Waals surface area contributed by atoms with Crippen molar-refractivity contribution in [3.63, 3.8) is 0 Å². The van der Waals surface area contributed by atoms with Gasteiger partial charge in [0.15, 0.2) is 11.5 Å². The number of sulfonamides is 2. The fourth-order valence-corrected chi connectivity index (χ4v) is 5.46. The van der Waals surface area contributed by atoms with E-state index in [1.54, 1.807) is 12.1 Å². The van der Waals surface area contributed by atoms with Crippen molar-refractivity contribution in [2.75, 3.05) is 51.0 Å². The van der Waals surface area contributed by atoms with E-state index in [2.05, 4.69) is 5.32 Å². The van der Waals surface area contributed by atoms with Gasteiger partial charge in [-0.2, -0.15) is 0 Å². The van der Waals surface area contributed by atoms with E-state index in [4.69, 9.17) is 14.2 Å². The molecule has 1 atom stereocenters. The summed E-state index contributed by atoms with van der Waals surface area (Å²) < 4.78 is 67.9. The molecule has 11 nitrogen and oxygen atoms in total. The predicted molar refractivity (Wildman–Crippen MR) is 130 cm³/mol. The van der Waals surface area contributed by atoms with E-state index in [9.17, 15) is 21.6 Å². The van der Waals surface area contributed by atoms with Gasteiger partial charge in [-0.05, 0) is 43.3 Å². The minimum Gasteiger partial charge on any atom is -0.492 e. The van der Waals surface area contributed by atoms with Crippen LogP contribution in [0.25, 0.3) is 0 Å². The van der Waals surface area contributed by atoms with Gasteiger partial charge in [0.05, 0.1) is 23.4 Å². The van der Waals surface area contributed by atoms with Crippen LogP contribution in [0.3, 0.4) is 0 Å². The summed E-state index contributed by atoms with van der Waals surface area (Å²) in [7, 11) is -4.44. The van der Waals surface area contributed by atoms with Crippen molar-refractivity contribution in [1.29, 1.82) is 0 Å². The molecular formula is C22H29N3O8S2. The van der Waals surface area contributed by atoms with E-state index < -0.39 is 32.0 Å². The molecule has 0 aromatic heterocycles. The Morgan fingerprint density at radius 3 is 2.26 bits per heavy atom. The van der Waals surface area contributed by atoms with Gasteiger partial charge in [0.1, 0.15) is 31.6 Å². The average Bonchev–Trinajstić information content (AvgIpc) is 2.81. The maximum Gasteiger partial charge on any atom is 0.243 e. The lowest BCUT2D eigenvalue weighted by molar-refractivity contribution is -0.121. The highest BCUT2D eigenvalue weighted by Crippen LogP contribution is 2.35. The molecule has 0 bridgehead atoms. The first-order valence-electron chi connectivity index (χ1n) is 10.7. The molecule has 3 rings (SSSR count). The molecule has 192 valence electrons. The Kier molecular flexibility index (Phi) is 8.13. The summed E-state index contributed by atoms with van der Waals surface area (Å²) in [6.07, 6.45) is 1.02. The number of benzene rings is 2. The third kappa shape index (κ3) is 6.35. The molecular weight excluding hydrogens is 498 g/mol. The number of rotatable bonds is 10. The summed E-state index contributed by atoms with van der Waals surface area (Å²) in [5, 5.41) is 2.66. The second-order valence-electron chi connectivity index (χ2n) is 7.96. The van der Waals surface area contributed by atoms with Crippen molar-refractivity contribution in [2.24, 2.45) is 0 Å². The summed E-state index contributed by atoms with van der Waals surface area (Å²) in [4.78, 5) is 12.9. The molecule has 0 saturated carbocycles. The number of hydrogen-bond donors (Lipinski definition) is 1. The van der Waals surface area contributed by atoms with Crippen LogP contribution < -0.4 is 23.8 Å². The largest absolute Gasteiger partial charge is 0.492 e. The van der Waals surface area contributed by atoms with Gasteiger partial charge in [-0.3, -0.25) is 9.10 Å². The fraction of sp³-hybridized carbons (Fsp3) is 0.409. The van der Waals surface area contributed by atoms with Crippen molar-refractivity contribution in [2.45, 2.75) is 17.9 Å². The number of amides is 1. The molecule has 1 unspecified atom stereocenters. The third-order valence-electron chi connectivity index (χ3n) is 5.14. The second kappa shape index (κ2) is 10.7. The van der Waals surface area contributed by atoms with Crippen LogP contribution in [0.2, 0.25) is 0 Å². The Hall–Kier alpha value is -3.03. The molecule has 1 heterocycles. The van der Waals surface area contributed by atoms with E-state index in [-0.39, 0.29) is 23.7 Å². The smallest absolute Gasteiger partial charge is 0.243 e. The van der Waals surface area contributed by atoms with Gasteiger partial charge in [0.25, 0.3) is 0 Å². The van der Waals surface area contributed by atoms with Crippen LogP contribution in [-0.2, 0) is 24.8 Å². The molecule has 0 aliphatic carbocycles. The molecule has 2 aromatic rings. The summed E-state index contributed by atoms with van der Waals surface area (Å²) in [6, 6.07) is 9.57. The lowest BCUT2D eigenvalue weighted by Gasteiger charge is -2.29. The van der Waals surface area contributed by atoms with E-state index in [1.165, 1.54) is 51.4 Å². The summed E-state index contributed by atoms with van der Waals surface area (Å²) >= 11 is 0. The molecule has 1 N–H and O–H groups in total. The Balaban J connectivity index is 1.59. The lowest BCUT2D eigenvalue weighted by atomic mass is 10.2. The van der Waals surface area contributed by atoms with Gasteiger partial charge >= 0.3 is 0 Å². The van der Waals surface area contributed by atoms with Gasteiger partial charge < -0.3 is 19.5 Å². The highest BCUT2D eigenvalue weighted by molar-refractivity contribution is 7.92. The number of ether oxygens (including phenoxy) is 3. The van der Waals surface area contributed by atoms with Crippen LogP contribution in [0.5, 0.6) is 17.2 Å². The number of carbonyl (C=O) groups excluding carboxylic acids is 1. The molecule has 0 fully saturated rings. The van der Waals surface area contributed by atoms with Crippen molar-refractivity contribution in [3.8, 4) is 17.2 Å². The first-order valence-corrected chi connectivity index (χ1v) is 14.0. The molecule has 0 spiro atoms. The lowest BCUT2D eigenvalue weighted by Crippen LogP contribution is -2.48. The summed E-state index contributed by atoms with van der Waals surface area (Å²) in [5.74, 6) is 0.836. The normalized spacial score (nSPS) is 14.3. The van der Waals surface area contributed by atoms with Crippen LogP contribution in [0.1, 0.15) is 6.92 Å². The van der Waals surface area contributed by atoms with Crippen LogP contribution in [0.4, 0.5) is 5.69 Å². The fourth-order valence-electron chi connectivity index (χ4n) is 3.39. The Morgan fingerprint density at radius 2 is 1.66 bits per heavy atom. The topological polar surface area (TPSA) is 132 Å². The minimum atomic E-state index is -3.79. The van der Waals surface area contributed by atoms with Crippen LogP contribution in [-0.4, -0.2) is 79.8 Å². The minimum absolute atomic E-state index is 0.0983. The summed E-state index contributed by atoms with van der Waals surface area (Å²) in [5.41, 5.74) is 0.281. The van der Waals surface area contributed by atoms with E-state index in [0.29, 0.717) is 30.5 Å². The van der Waals surface area contributed by atoms with E-state index >= 15 is 0 Å². The van der Waals surface area contributed by atoms with E-state index in [1.807, 2.05) is 0 Å². The van der Waals surface area contributed by atoms with Crippen LogP contribution in [0.15, 0.2) is 47.4 Å². The molecule has 0 radical (unpaired) electrons. The molecule has 1 aliphatic rings. The maximum absolute atomic E-state index is 12.7. The van der Waals surface area contributed by atoms with Crippen LogP contribution in [0, 0.1) is 0 Å². The first kappa shape index (κ1) is 26.6. The number of fused-ring (bicyclic) bond motifs is 1. The Labute approximate surface area is 205 Å². The third-order valence-corrected chi connectivity index (χ3v) is 8.21. The first-order chi connectivity index (χ1) is 16.4. The van der Waals surface area contributed by atoms with Gasteiger partial charge in [-0.25, -0.2) is 21.1 Å². The number of nitrogens with zero attached hydrogens (tertiary/aromatic N) is 2. The van der Waals surface area contributed by atoms with Crippen molar-refractivity contribution in [1.82, 2.24) is 9.62 Å². The highest BCUT2D eigenvalue weighted by Gasteiger charge is 2.30. The number of hydrogen-bond acceptors (Lipinski definition) is 8. The van der Waals surface area contributed by atoms with Crippen molar-refractivity contribution < 1.29 is 35.8 Å². The molecule has 35 heavy (non-hydrogen) atoms. The second-order valence-corrected chi connectivity index (χ2v) is 12.0. The quantitative estimate of drug-likeness (QED) is 0.454. The zero-order chi connectivity index (χ0) is 25.8. The number of anilines is 1. The summed E-state index contributed by atoms with van der Waals surface area (Å²) in [6.45, 7) is 2.45. The molecule has 1 aliphatic heterocycles. The van der Waals surface area contributed by atoms with Crippen LogP contribution >= 0.6 is 0 Å². The standard InChI is InChI=1S/C22H29N3O8S2/c1-16(25(34(4,27)28)17-5-10-20-21(15-17)33-14-13-32-20)22(26)23-11-12-31-18-6-8-19(9-7-18)35(29,30)24(2)3/h5-10,15-16H,11-14H2,1-4H3,(H,23,26). The van der Waals surface area contributed by atoms with E-state index in [0.717, 1.165) is 14.9 Å². The van der Waals surface area contributed by atoms with Gasteiger partial charge in [0.2, 0.25) is 26.0 Å². The molecule has 2 aromatic carbocycles. The van der Waals surface area contributed by atoms with Crippen molar-refractivity contribution in [3.05, 3.63) is 42.5 Å². The van der Waals surface area contributed by atoms with Gasteiger partial charge in [0, 0.05) is 20.2 Å². The zero-order valence-corrected chi connectivity index (χ0v) is 21.6. The molecule has 1 amide bonds. The van der Waals surface area contributed by atoms with Gasteiger partial charge in [-0.15, -0.1) is 0 Å². The maximum atomic E-state index is 12.7. The van der Waals surface area contributed by atoms with Gasteiger partial charge in [-0.1, -0.05) is 0 Å². The Bertz CT molecular complexity index is 1260. The SMILES string of the molecule is CC(C(=O)NCCOc1ccc(S(=O)(=O)N(C)C)cc1)N(c1ccc2c(c1)OCCO2)S(C)(=O)=O. The predicted octanol–water partition coefficient (Wildman–Crippen LogP) is 1.06. The zero-order valence-electron chi connectivity index (χ0n) is 19.9. The number of carbonyl (C=O) groups is 1. The number of nitrogens with one attached hydrogen (secondary N) is 1. The monoisotopic (exact) mass is 527 g/mol. The Morgan fingerprint density at radius 1 is 1.03 bits per heavy atom. The average molecular weight is 528 g/mol. The highest BCUT2D eigenvalue weighted by atomic mass is 32.2.